The van der Waals surface area contributed by atoms with Crippen LogP contribution in [0.25, 0.3) is 22.3 Å². The first-order chi connectivity index (χ1) is 15.2. The Labute approximate surface area is 178 Å². The van der Waals surface area contributed by atoms with E-state index in [4.69, 9.17) is 0 Å². The molecular weight excluding hydrogens is 395 g/mol. The molecule has 1 aliphatic rings. The van der Waals surface area contributed by atoms with Crippen LogP contribution in [0.3, 0.4) is 0 Å². The highest BCUT2D eigenvalue weighted by Gasteiger charge is 2.26. The Bertz CT molecular complexity index is 1220. The summed E-state index contributed by atoms with van der Waals surface area (Å²) in [6.45, 7) is 2.12. The van der Waals surface area contributed by atoms with Gasteiger partial charge in [0.15, 0.2) is 11.6 Å². The molecule has 0 saturated carbocycles. The van der Waals surface area contributed by atoms with Gasteiger partial charge in [0.2, 0.25) is 5.95 Å². The van der Waals surface area contributed by atoms with Crippen LogP contribution in [0.4, 0.5) is 10.3 Å². The van der Waals surface area contributed by atoms with Crippen molar-refractivity contribution in [2.75, 3.05) is 31.1 Å². The van der Waals surface area contributed by atoms with Gasteiger partial charge in [-0.3, -0.25) is 4.79 Å². The van der Waals surface area contributed by atoms with E-state index in [1.807, 2.05) is 59.5 Å². The van der Waals surface area contributed by atoms with Crippen LogP contribution < -0.4 is 4.90 Å². The number of aromatic nitrogens is 4. The number of amides is 1. The van der Waals surface area contributed by atoms with E-state index in [0.29, 0.717) is 43.6 Å². The SMILES string of the molecule is O=C(c1nc(-c2ccccc2)nc2ccccc12)N1CCN(c2ncc(F)cn2)CC1. The molecule has 0 unspecified atom stereocenters. The molecule has 1 saturated heterocycles. The molecule has 0 radical (unpaired) electrons. The molecule has 3 heterocycles. The van der Waals surface area contributed by atoms with Crippen molar-refractivity contribution in [1.29, 1.82) is 0 Å². The van der Waals surface area contributed by atoms with Gasteiger partial charge in [0, 0.05) is 37.1 Å². The fraction of sp³-hybridized carbons (Fsp3) is 0.174. The van der Waals surface area contributed by atoms with Crippen LogP contribution in [-0.2, 0) is 0 Å². The maximum absolute atomic E-state index is 13.4. The molecular formula is C23H19FN6O. The number of hydrogen-bond donors (Lipinski definition) is 0. The summed E-state index contributed by atoms with van der Waals surface area (Å²) in [7, 11) is 0. The summed E-state index contributed by atoms with van der Waals surface area (Å²) >= 11 is 0. The average molecular weight is 414 g/mol. The minimum absolute atomic E-state index is 0.129. The van der Waals surface area contributed by atoms with E-state index in [-0.39, 0.29) is 5.91 Å². The van der Waals surface area contributed by atoms with Crippen molar-refractivity contribution in [3.8, 4) is 11.4 Å². The number of halogens is 1. The minimum Gasteiger partial charge on any atom is -0.337 e. The van der Waals surface area contributed by atoms with Gasteiger partial charge < -0.3 is 9.80 Å². The lowest BCUT2D eigenvalue weighted by Gasteiger charge is -2.34. The summed E-state index contributed by atoms with van der Waals surface area (Å²) in [4.78, 5) is 34.5. The van der Waals surface area contributed by atoms with Crippen molar-refractivity contribution >= 4 is 22.8 Å². The summed E-state index contributed by atoms with van der Waals surface area (Å²) in [6, 6.07) is 17.2. The summed E-state index contributed by atoms with van der Waals surface area (Å²) in [5.74, 6) is 0.395. The number of carbonyl (C=O) groups is 1. The van der Waals surface area contributed by atoms with E-state index in [9.17, 15) is 9.18 Å². The second kappa shape index (κ2) is 8.06. The first kappa shape index (κ1) is 19.0. The maximum atomic E-state index is 13.4. The third kappa shape index (κ3) is 3.79. The van der Waals surface area contributed by atoms with E-state index >= 15 is 0 Å². The maximum Gasteiger partial charge on any atom is 0.273 e. The fourth-order valence-corrected chi connectivity index (χ4v) is 3.68. The van der Waals surface area contributed by atoms with Crippen LogP contribution in [0.1, 0.15) is 10.5 Å². The van der Waals surface area contributed by atoms with Gasteiger partial charge in [-0.1, -0.05) is 48.5 Å². The molecule has 154 valence electrons. The zero-order valence-corrected chi connectivity index (χ0v) is 16.6. The molecule has 1 amide bonds. The number of piperazine rings is 1. The second-order valence-corrected chi connectivity index (χ2v) is 7.26. The Morgan fingerprint density at radius 3 is 2.26 bits per heavy atom. The average Bonchev–Trinajstić information content (AvgIpc) is 2.84. The van der Waals surface area contributed by atoms with Gasteiger partial charge in [0.25, 0.3) is 5.91 Å². The molecule has 2 aromatic carbocycles. The molecule has 5 rings (SSSR count). The molecule has 2 aromatic heterocycles. The van der Waals surface area contributed by atoms with E-state index < -0.39 is 5.82 Å². The lowest BCUT2D eigenvalue weighted by atomic mass is 10.1. The zero-order chi connectivity index (χ0) is 21.2. The van der Waals surface area contributed by atoms with Gasteiger partial charge in [0.05, 0.1) is 17.9 Å². The van der Waals surface area contributed by atoms with Gasteiger partial charge in [0.1, 0.15) is 5.69 Å². The van der Waals surface area contributed by atoms with E-state index in [1.165, 1.54) is 0 Å². The largest absolute Gasteiger partial charge is 0.337 e. The molecule has 0 bridgehead atoms. The van der Waals surface area contributed by atoms with Crippen LogP contribution in [-0.4, -0.2) is 56.9 Å². The molecule has 1 fully saturated rings. The molecule has 0 spiro atoms. The predicted octanol–water partition coefficient (Wildman–Crippen LogP) is 3.19. The van der Waals surface area contributed by atoms with Crippen LogP contribution in [0.2, 0.25) is 0 Å². The van der Waals surface area contributed by atoms with Crippen molar-refractivity contribution in [2.24, 2.45) is 0 Å². The minimum atomic E-state index is -0.470. The molecule has 8 heteroatoms. The van der Waals surface area contributed by atoms with Crippen LogP contribution in [0.15, 0.2) is 67.0 Å². The Morgan fingerprint density at radius 2 is 1.52 bits per heavy atom. The second-order valence-electron chi connectivity index (χ2n) is 7.26. The highest BCUT2D eigenvalue weighted by molar-refractivity contribution is 6.05. The standard InChI is InChI=1S/C23H19FN6O/c24-17-14-25-23(26-15-17)30-12-10-29(11-13-30)22(31)20-18-8-4-5-9-19(18)27-21(28-20)16-6-2-1-3-7-16/h1-9,14-15H,10-13H2. The third-order valence-corrected chi connectivity index (χ3v) is 5.29. The first-order valence-electron chi connectivity index (χ1n) is 10.0. The number of nitrogens with zero attached hydrogens (tertiary/aromatic N) is 6. The molecule has 1 aliphatic heterocycles. The Morgan fingerprint density at radius 1 is 0.839 bits per heavy atom. The van der Waals surface area contributed by atoms with E-state index in [1.54, 1.807) is 4.90 Å². The summed E-state index contributed by atoms with van der Waals surface area (Å²) in [6.07, 6.45) is 2.30. The number of fused-ring (bicyclic) bond motifs is 1. The van der Waals surface area contributed by atoms with Gasteiger partial charge in [-0.2, -0.15) is 0 Å². The Kier molecular flexibility index (Phi) is 4.95. The van der Waals surface area contributed by atoms with Crippen molar-refractivity contribution in [1.82, 2.24) is 24.8 Å². The van der Waals surface area contributed by atoms with E-state index in [2.05, 4.69) is 19.9 Å². The van der Waals surface area contributed by atoms with Crippen LogP contribution in [0.5, 0.6) is 0 Å². The van der Waals surface area contributed by atoms with Crippen LogP contribution in [0, 0.1) is 5.82 Å². The van der Waals surface area contributed by atoms with Crippen molar-refractivity contribution < 1.29 is 9.18 Å². The summed E-state index contributed by atoms with van der Waals surface area (Å²) in [5.41, 5.74) is 1.99. The first-order valence-corrected chi connectivity index (χ1v) is 10.0. The zero-order valence-electron chi connectivity index (χ0n) is 16.6. The number of anilines is 1. The topological polar surface area (TPSA) is 75.1 Å². The molecule has 0 aliphatic carbocycles. The monoisotopic (exact) mass is 414 g/mol. The molecule has 7 nitrogen and oxygen atoms in total. The van der Waals surface area contributed by atoms with Crippen molar-refractivity contribution in [2.45, 2.75) is 0 Å². The van der Waals surface area contributed by atoms with Gasteiger partial charge in [-0.05, 0) is 6.07 Å². The number of benzene rings is 2. The highest BCUT2D eigenvalue weighted by Crippen LogP contribution is 2.23. The van der Waals surface area contributed by atoms with Crippen LogP contribution >= 0.6 is 0 Å². The fourth-order valence-electron chi connectivity index (χ4n) is 3.68. The molecule has 0 atom stereocenters. The Hall–Kier alpha value is -3.94. The summed E-state index contributed by atoms with van der Waals surface area (Å²) in [5, 5.41) is 0.733. The third-order valence-electron chi connectivity index (χ3n) is 5.29. The lowest BCUT2D eigenvalue weighted by molar-refractivity contribution is 0.0742. The lowest BCUT2D eigenvalue weighted by Crippen LogP contribution is -2.49. The number of rotatable bonds is 3. The highest BCUT2D eigenvalue weighted by atomic mass is 19.1. The number of carbonyl (C=O) groups excluding carboxylic acids is 1. The van der Waals surface area contributed by atoms with Gasteiger partial charge >= 0.3 is 0 Å². The predicted molar refractivity (Wildman–Crippen MR) is 115 cm³/mol. The molecule has 31 heavy (non-hydrogen) atoms. The molecule has 0 N–H and O–H groups in total. The van der Waals surface area contributed by atoms with Gasteiger partial charge in [-0.25, -0.2) is 24.3 Å². The quantitative estimate of drug-likeness (QED) is 0.513. The number of hydrogen-bond acceptors (Lipinski definition) is 6. The Balaban J connectivity index is 1.43. The summed E-state index contributed by atoms with van der Waals surface area (Å²) < 4.78 is 13.1. The number of para-hydroxylation sites is 1. The van der Waals surface area contributed by atoms with E-state index in [0.717, 1.165) is 28.9 Å². The van der Waals surface area contributed by atoms with Crippen molar-refractivity contribution in [3.63, 3.8) is 0 Å². The normalized spacial score (nSPS) is 14.1. The smallest absolute Gasteiger partial charge is 0.273 e. The molecule has 4 aromatic rings. The van der Waals surface area contributed by atoms with Crippen molar-refractivity contribution in [3.05, 3.63) is 78.5 Å². The van der Waals surface area contributed by atoms with Gasteiger partial charge in [-0.15, -0.1) is 0 Å².